The minimum absolute atomic E-state index is 0.0706. The van der Waals surface area contributed by atoms with Gasteiger partial charge in [0.1, 0.15) is 0 Å². The summed E-state index contributed by atoms with van der Waals surface area (Å²) in [6, 6.07) is -0.0772. The lowest BCUT2D eigenvalue weighted by atomic mass is 9.72. The number of amides is 1. The molecule has 2 rings (SSSR count). The molecule has 0 N–H and O–H groups in total. The number of likely N-dealkylation sites (tertiary alicyclic amines) is 1. The minimum atomic E-state index is -1.19. The fourth-order valence-corrected chi connectivity index (χ4v) is 11.6. The highest BCUT2D eigenvalue weighted by Gasteiger charge is 2.44. The fourth-order valence-electron chi connectivity index (χ4n) is 11.6. The molecule has 1 aliphatic carbocycles. The molecule has 71 heavy (non-hydrogen) atoms. The Morgan fingerprint density at radius 1 is 0.901 bits per heavy atom. The quantitative estimate of drug-likeness (QED) is 0.0128. The Bertz CT molecular complexity index is 1830. The summed E-state index contributed by atoms with van der Waals surface area (Å²) in [4.78, 5) is 40.7. The van der Waals surface area contributed by atoms with E-state index in [1.54, 1.807) is 6.92 Å². The van der Waals surface area contributed by atoms with Crippen molar-refractivity contribution >= 4 is 24.2 Å². The lowest BCUT2D eigenvalue weighted by Gasteiger charge is -2.40. The van der Waals surface area contributed by atoms with Gasteiger partial charge in [0.05, 0.1) is 17.5 Å². The standard InChI is InChI=1S/C63H101N3O3.C2H6/c1-18-56(33-27-26-32-52(13)63(16,21-4)61(68)62(69)65-39-29-28-34-59(65)54(15)67)49(10)31-25-23-24-30-45(6)40-51(12)53(14)57(19-2)43-47(8)41-50(11)48(9)36-35-46(7)42-55-37-38-60(58(20-3)44-55)66(22-5)64-17;1-2/h4,22-25,30-31,41,45-46,50-52,55-60H,5,9,14,17-20,26-29,32-40,42-44H2,1-3,6-8,10-13,15-16H3;1-2H3/b25-23+,30-24+,47-41+,49-31+;/t45-,46+,50-,51?,52?,55?,56+,57?,58?,59?,60?,63?;/m1./s1. The van der Waals surface area contributed by atoms with Crippen LogP contribution >= 0.6 is 0 Å². The van der Waals surface area contributed by atoms with Gasteiger partial charge >= 0.3 is 0 Å². The summed E-state index contributed by atoms with van der Waals surface area (Å²) in [6.45, 7) is 47.4. The van der Waals surface area contributed by atoms with Crippen LogP contribution in [0.3, 0.4) is 0 Å². The number of carbonyl (C=O) groups is 3. The van der Waals surface area contributed by atoms with E-state index in [-0.39, 0.29) is 11.7 Å². The normalized spacial score (nSPS) is 22.6. The van der Waals surface area contributed by atoms with E-state index in [0.29, 0.717) is 60.4 Å². The van der Waals surface area contributed by atoms with Crippen LogP contribution in [0.2, 0.25) is 0 Å². The average molecular weight is 979 g/mol. The van der Waals surface area contributed by atoms with Crippen molar-refractivity contribution in [1.29, 1.82) is 0 Å². The summed E-state index contributed by atoms with van der Waals surface area (Å²) >= 11 is 0. The molecule has 8 unspecified atom stereocenters. The zero-order chi connectivity index (χ0) is 53.8. The molecule has 0 spiro atoms. The van der Waals surface area contributed by atoms with Crippen molar-refractivity contribution in [3.63, 3.8) is 0 Å². The molecule has 0 aromatic carbocycles. The number of allylic oxidation sites excluding steroid dienone is 10. The second-order valence-corrected chi connectivity index (χ2v) is 22.2. The summed E-state index contributed by atoms with van der Waals surface area (Å²) in [5.41, 5.74) is 4.37. The third-order valence-corrected chi connectivity index (χ3v) is 16.9. The summed E-state index contributed by atoms with van der Waals surface area (Å²) in [7, 11) is 0. The van der Waals surface area contributed by atoms with E-state index in [1.165, 1.54) is 72.6 Å². The van der Waals surface area contributed by atoms with E-state index in [1.807, 2.05) is 32.0 Å². The lowest BCUT2D eigenvalue weighted by molar-refractivity contribution is -0.153. The Labute approximate surface area is 438 Å². The van der Waals surface area contributed by atoms with Gasteiger partial charge in [-0.1, -0.05) is 173 Å². The summed E-state index contributed by atoms with van der Waals surface area (Å²) < 4.78 is 0. The number of ketones is 2. The van der Waals surface area contributed by atoms with Crippen molar-refractivity contribution in [3.05, 3.63) is 84.7 Å². The first kappa shape index (κ1) is 65.0. The molecule has 2 aliphatic rings. The van der Waals surface area contributed by atoms with Crippen LogP contribution in [-0.2, 0) is 14.4 Å². The second-order valence-electron chi connectivity index (χ2n) is 22.2. The molecular weight excluding hydrogens is 871 g/mol. The van der Waals surface area contributed by atoms with Gasteiger partial charge in [-0.3, -0.25) is 19.4 Å². The van der Waals surface area contributed by atoms with Crippen molar-refractivity contribution in [2.45, 2.75) is 225 Å². The van der Waals surface area contributed by atoms with Crippen LogP contribution in [0.1, 0.15) is 213 Å². The van der Waals surface area contributed by atoms with Crippen LogP contribution in [0, 0.1) is 71.0 Å². The van der Waals surface area contributed by atoms with Crippen molar-refractivity contribution in [1.82, 2.24) is 9.91 Å². The SMILES string of the molecule is C#CC(C)(C(=O)C(=O)N1CCCCC1C(C)=O)C(C)CCCC[C@H](CC)/C(C)=C/C=C/C=C/[C@@H](C)CC(C)C(=C)C(CC)C/C(C)=C/[C@@H](C)C(=C)CC[C@H](C)CC1CCC(N(C=C)N=C)C(CC)C1.CC. The number of terminal acetylenes is 1. The zero-order valence-electron chi connectivity index (χ0n) is 48.3. The topological polar surface area (TPSA) is 70.1 Å². The highest BCUT2D eigenvalue weighted by molar-refractivity contribution is 6.39. The van der Waals surface area contributed by atoms with Crippen LogP contribution in [0.15, 0.2) is 89.8 Å². The van der Waals surface area contributed by atoms with Gasteiger partial charge in [-0.2, -0.15) is 5.10 Å². The van der Waals surface area contributed by atoms with Gasteiger partial charge in [0.2, 0.25) is 5.78 Å². The van der Waals surface area contributed by atoms with Gasteiger partial charge in [-0.25, -0.2) is 0 Å². The molecule has 2 fully saturated rings. The molecule has 1 amide bonds. The fraction of sp³-hybridized carbons (Fsp3) is 0.692. The van der Waals surface area contributed by atoms with E-state index < -0.39 is 23.1 Å². The summed E-state index contributed by atoms with van der Waals surface area (Å²) in [5.74, 6) is 5.72. The number of nitrogens with zero attached hydrogens (tertiary/aromatic N) is 3. The molecular formula is C65H107N3O3. The van der Waals surface area contributed by atoms with Crippen LogP contribution in [0.5, 0.6) is 0 Å². The molecule has 1 saturated heterocycles. The second kappa shape index (κ2) is 34.4. The van der Waals surface area contributed by atoms with Crippen molar-refractivity contribution in [2.75, 3.05) is 6.54 Å². The molecule has 6 heteroatoms. The van der Waals surface area contributed by atoms with Crippen LogP contribution in [0.25, 0.3) is 0 Å². The average Bonchev–Trinajstić information content (AvgIpc) is 3.36. The number of rotatable bonds is 32. The smallest absolute Gasteiger partial charge is 0.292 e. The predicted octanol–water partition coefficient (Wildman–Crippen LogP) is 17.3. The Kier molecular flexibility index (Phi) is 31.5. The molecule has 0 bridgehead atoms. The van der Waals surface area contributed by atoms with Gasteiger partial charge < -0.3 is 4.90 Å². The Morgan fingerprint density at radius 3 is 2.15 bits per heavy atom. The molecule has 0 radical (unpaired) electrons. The molecule has 1 heterocycles. The molecule has 1 aliphatic heterocycles. The lowest BCUT2D eigenvalue weighted by Crippen LogP contribution is -2.53. The number of piperidine rings is 1. The molecule has 0 aromatic heterocycles. The molecule has 1 saturated carbocycles. The van der Waals surface area contributed by atoms with E-state index >= 15 is 0 Å². The number of Topliss-reactive ketones (excluding diaryl/α,β-unsaturated/α-hetero) is 2. The van der Waals surface area contributed by atoms with E-state index in [4.69, 9.17) is 6.42 Å². The van der Waals surface area contributed by atoms with E-state index in [0.717, 1.165) is 76.5 Å². The zero-order valence-corrected chi connectivity index (χ0v) is 48.3. The third-order valence-electron chi connectivity index (χ3n) is 16.9. The van der Waals surface area contributed by atoms with Gasteiger partial charge in [0, 0.05) is 19.5 Å². The third kappa shape index (κ3) is 21.2. The number of hydrogen-bond acceptors (Lipinski definition) is 5. The van der Waals surface area contributed by atoms with E-state index in [9.17, 15) is 14.4 Å². The highest BCUT2D eigenvalue weighted by atomic mass is 16.2. The highest BCUT2D eigenvalue weighted by Crippen LogP contribution is 2.39. The maximum absolute atomic E-state index is 13.6. The number of unbranched alkanes of at least 4 members (excludes halogenated alkanes) is 1. The van der Waals surface area contributed by atoms with Crippen LogP contribution < -0.4 is 0 Å². The van der Waals surface area contributed by atoms with E-state index in [2.05, 4.69) is 136 Å². The summed E-state index contributed by atoms with van der Waals surface area (Å²) in [5, 5.41) is 6.22. The number of hydrazone groups is 1. The van der Waals surface area contributed by atoms with Crippen molar-refractivity contribution in [2.24, 2.45) is 63.8 Å². The van der Waals surface area contributed by atoms with Gasteiger partial charge in [-0.15, -0.1) is 6.42 Å². The molecule has 6 nitrogen and oxygen atoms in total. The van der Waals surface area contributed by atoms with Crippen LogP contribution in [-0.4, -0.2) is 52.7 Å². The first-order chi connectivity index (χ1) is 33.7. The molecule has 0 aromatic rings. The minimum Gasteiger partial charge on any atom is -0.326 e. The molecule has 400 valence electrons. The maximum Gasteiger partial charge on any atom is 0.292 e. The Morgan fingerprint density at radius 2 is 1.56 bits per heavy atom. The first-order valence-electron chi connectivity index (χ1n) is 28.5. The van der Waals surface area contributed by atoms with Crippen molar-refractivity contribution in [3.8, 4) is 12.3 Å². The number of carbonyl (C=O) groups excluding carboxylic acids is 3. The maximum atomic E-state index is 13.6. The Hall–Kier alpha value is -3.98. The predicted molar refractivity (Wildman–Crippen MR) is 309 cm³/mol. The van der Waals surface area contributed by atoms with Crippen LogP contribution in [0.4, 0.5) is 0 Å². The van der Waals surface area contributed by atoms with Gasteiger partial charge in [0.15, 0.2) is 5.78 Å². The van der Waals surface area contributed by atoms with Crippen molar-refractivity contribution < 1.29 is 14.4 Å². The monoisotopic (exact) mass is 978 g/mol. The first-order valence-corrected chi connectivity index (χ1v) is 28.5. The van der Waals surface area contributed by atoms with Gasteiger partial charge in [-0.05, 0) is 177 Å². The number of hydrogen-bond donors (Lipinski definition) is 0. The largest absolute Gasteiger partial charge is 0.326 e. The van der Waals surface area contributed by atoms with Gasteiger partial charge in [0.25, 0.3) is 5.91 Å². The molecule has 12 atom stereocenters. The summed E-state index contributed by atoms with van der Waals surface area (Å²) in [6.07, 6.45) is 40.3. The Balaban J connectivity index is 0.0000124.